The third kappa shape index (κ3) is 1.22. The second-order valence-corrected chi connectivity index (χ2v) is 3.45. The van der Waals surface area contributed by atoms with E-state index in [4.69, 9.17) is 0 Å². The summed E-state index contributed by atoms with van der Waals surface area (Å²) in [6, 6.07) is 3.95. The molecule has 0 spiro atoms. The molecule has 0 unspecified atom stereocenters. The van der Waals surface area contributed by atoms with Crippen LogP contribution < -0.4 is 4.74 Å². The molecular formula is C10H8F4O. The maximum atomic E-state index is 13.3. The average molecular weight is 220 g/mol. The fraction of sp³-hybridized carbons (Fsp3) is 0.400. The second kappa shape index (κ2) is 2.87. The summed E-state index contributed by atoms with van der Waals surface area (Å²) in [5.74, 6) is -8.35. The lowest BCUT2D eigenvalue weighted by Gasteiger charge is -2.20. The molecule has 0 fully saturated rings. The number of fused-ring (bicyclic) bond motifs is 1. The maximum Gasteiger partial charge on any atom is 0.339 e. The van der Waals surface area contributed by atoms with Crippen LogP contribution in [0.3, 0.4) is 0 Å². The summed E-state index contributed by atoms with van der Waals surface area (Å²) in [4.78, 5) is 0. The second-order valence-electron chi connectivity index (χ2n) is 3.45. The summed E-state index contributed by atoms with van der Waals surface area (Å²) in [7, 11) is 1.18. The van der Waals surface area contributed by atoms with Crippen molar-refractivity contribution < 1.29 is 22.3 Å². The van der Waals surface area contributed by atoms with E-state index in [1.54, 1.807) is 0 Å². The zero-order valence-electron chi connectivity index (χ0n) is 7.86. The van der Waals surface area contributed by atoms with Crippen molar-refractivity contribution in [2.24, 2.45) is 0 Å². The van der Waals surface area contributed by atoms with E-state index in [0.717, 1.165) is 0 Å². The summed E-state index contributed by atoms with van der Waals surface area (Å²) < 4.78 is 57.4. The predicted octanol–water partition coefficient (Wildman–Crippen LogP) is 2.98. The normalized spacial score (nSPS) is 21.1. The van der Waals surface area contributed by atoms with E-state index in [-0.39, 0.29) is 11.3 Å². The minimum Gasteiger partial charge on any atom is -0.496 e. The van der Waals surface area contributed by atoms with E-state index < -0.39 is 23.8 Å². The highest BCUT2D eigenvalue weighted by Gasteiger charge is 2.64. The van der Waals surface area contributed by atoms with Crippen molar-refractivity contribution in [2.75, 3.05) is 7.11 Å². The minimum absolute atomic E-state index is 0.0515. The number of alkyl halides is 4. The van der Waals surface area contributed by atoms with Gasteiger partial charge in [0, 0.05) is 6.42 Å². The summed E-state index contributed by atoms with van der Waals surface area (Å²) >= 11 is 0. The molecule has 0 saturated carbocycles. The molecule has 0 aromatic heterocycles. The van der Waals surface area contributed by atoms with Crippen molar-refractivity contribution in [1.29, 1.82) is 0 Å². The van der Waals surface area contributed by atoms with Crippen molar-refractivity contribution in [2.45, 2.75) is 18.3 Å². The lowest BCUT2D eigenvalue weighted by atomic mass is 10.1. The van der Waals surface area contributed by atoms with Crippen molar-refractivity contribution in [3.05, 3.63) is 29.3 Å². The number of rotatable bonds is 1. The largest absolute Gasteiger partial charge is 0.496 e. The highest BCUT2D eigenvalue weighted by atomic mass is 19.3. The Kier molecular flexibility index (Phi) is 1.96. The zero-order chi connectivity index (χ0) is 11.3. The molecular weight excluding hydrogens is 212 g/mol. The van der Waals surface area contributed by atoms with Crippen LogP contribution in [0.25, 0.3) is 0 Å². The fourth-order valence-corrected chi connectivity index (χ4v) is 1.78. The first-order valence-electron chi connectivity index (χ1n) is 4.32. The van der Waals surface area contributed by atoms with E-state index >= 15 is 0 Å². The summed E-state index contributed by atoms with van der Waals surface area (Å²) in [6.45, 7) is 0. The van der Waals surface area contributed by atoms with Gasteiger partial charge in [0.1, 0.15) is 5.75 Å². The van der Waals surface area contributed by atoms with Crippen molar-refractivity contribution >= 4 is 0 Å². The van der Waals surface area contributed by atoms with Gasteiger partial charge < -0.3 is 4.74 Å². The van der Waals surface area contributed by atoms with Gasteiger partial charge >= 0.3 is 11.8 Å². The smallest absolute Gasteiger partial charge is 0.339 e. The van der Waals surface area contributed by atoms with Gasteiger partial charge in [-0.2, -0.15) is 17.6 Å². The highest BCUT2D eigenvalue weighted by molar-refractivity contribution is 5.48. The van der Waals surface area contributed by atoms with E-state index in [1.165, 1.54) is 25.3 Å². The first-order valence-corrected chi connectivity index (χ1v) is 4.32. The molecule has 0 bridgehead atoms. The van der Waals surface area contributed by atoms with Crippen LogP contribution in [0, 0.1) is 0 Å². The molecule has 0 N–H and O–H groups in total. The van der Waals surface area contributed by atoms with Crippen LogP contribution in [0.15, 0.2) is 18.2 Å². The van der Waals surface area contributed by atoms with Gasteiger partial charge in [0.2, 0.25) is 0 Å². The Labute approximate surface area is 83.7 Å². The van der Waals surface area contributed by atoms with Gasteiger partial charge in [0.25, 0.3) is 0 Å². The monoisotopic (exact) mass is 220 g/mol. The van der Waals surface area contributed by atoms with E-state index in [9.17, 15) is 17.6 Å². The van der Waals surface area contributed by atoms with Crippen molar-refractivity contribution in [1.82, 2.24) is 0 Å². The Morgan fingerprint density at radius 3 is 2.47 bits per heavy atom. The van der Waals surface area contributed by atoms with Gasteiger partial charge in [-0.1, -0.05) is 12.1 Å². The highest BCUT2D eigenvalue weighted by Crippen LogP contribution is 2.54. The Morgan fingerprint density at radius 2 is 1.87 bits per heavy atom. The molecule has 82 valence electrons. The molecule has 0 atom stereocenters. The van der Waals surface area contributed by atoms with Gasteiger partial charge in [0.05, 0.1) is 12.7 Å². The summed E-state index contributed by atoms with van der Waals surface area (Å²) in [5.41, 5.74) is -0.734. The predicted molar refractivity (Wildman–Crippen MR) is 45.5 cm³/mol. The molecule has 0 radical (unpaired) electrons. The van der Waals surface area contributed by atoms with Crippen LogP contribution in [-0.2, 0) is 12.3 Å². The summed E-state index contributed by atoms with van der Waals surface area (Å²) in [5, 5.41) is 0. The fourth-order valence-electron chi connectivity index (χ4n) is 1.78. The third-order valence-corrected chi connectivity index (χ3v) is 2.52. The van der Waals surface area contributed by atoms with Gasteiger partial charge in [-0.15, -0.1) is 0 Å². The SMILES string of the molecule is COc1cccc2c1C(F)(F)C(F)(F)C2. The average Bonchev–Trinajstić information content (AvgIpc) is 2.33. The molecule has 1 aliphatic carbocycles. The van der Waals surface area contributed by atoms with Crippen LogP contribution >= 0.6 is 0 Å². The number of hydrogen-bond acceptors (Lipinski definition) is 1. The molecule has 5 heteroatoms. The number of methoxy groups -OCH3 is 1. The summed E-state index contributed by atoms with van der Waals surface area (Å²) in [6.07, 6.45) is -0.938. The Balaban J connectivity index is 2.65. The maximum absolute atomic E-state index is 13.3. The minimum atomic E-state index is -4.14. The molecule has 15 heavy (non-hydrogen) atoms. The van der Waals surface area contributed by atoms with Crippen LogP contribution in [-0.4, -0.2) is 13.0 Å². The van der Waals surface area contributed by atoms with Crippen molar-refractivity contribution in [3.63, 3.8) is 0 Å². The molecule has 1 aromatic carbocycles. The molecule has 0 amide bonds. The van der Waals surface area contributed by atoms with Crippen molar-refractivity contribution in [3.8, 4) is 5.75 Å². The molecule has 2 rings (SSSR count). The Morgan fingerprint density at radius 1 is 1.20 bits per heavy atom. The van der Waals surface area contributed by atoms with E-state index in [0.29, 0.717) is 0 Å². The molecule has 1 nitrogen and oxygen atoms in total. The van der Waals surface area contributed by atoms with E-state index in [2.05, 4.69) is 4.74 Å². The quantitative estimate of drug-likeness (QED) is 0.661. The van der Waals surface area contributed by atoms with E-state index in [1.807, 2.05) is 0 Å². The Bertz CT molecular complexity index is 400. The number of benzene rings is 1. The van der Waals surface area contributed by atoms with Crippen LogP contribution in [0.4, 0.5) is 17.6 Å². The van der Waals surface area contributed by atoms with Crippen LogP contribution in [0.2, 0.25) is 0 Å². The van der Waals surface area contributed by atoms with Gasteiger partial charge in [-0.05, 0) is 11.6 Å². The van der Waals surface area contributed by atoms with Gasteiger partial charge in [-0.3, -0.25) is 0 Å². The molecule has 1 aliphatic rings. The third-order valence-electron chi connectivity index (χ3n) is 2.52. The van der Waals surface area contributed by atoms with Crippen LogP contribution in [0.5, 0.6) is 5.75 Å². The number of hydrogen-bond donors (Lipinski definition) is 0. The van der Waals surface area contributed by atoms with Gasteiger partial charge in [-0.25, -0.2) is 0 Å². The molecule has 0 aliphatic heterocycles. The van der Waals surface area contributed by atoms with Crippen LogP contribution in [0.1, 0.15) is 11.1 Å². The molecule has 0 saturated heterocycles. The number of ether oxygens (including phenoxy) is 1. The standard InChI is InChI=1S/C10H8F4O/c1-15-7-4-2-3-6-5-9(11,12)10(13,14)8(6)7/h2-4H,5H2,1H3. The first-order chi connectivity index (χ1) is 6.90. The number of halogens is 4. The lowest BCUT2D eigenvalue weighted by molar-refractivity contribution is -0.203. The molecule has 1 aromatic rings. The first kappa shape index (κ1) is 10.3. The van der Waals surface area contributed by atoms with Gasteiger partial charge in [0.15, 0.2) is 0 Å². The zero-order valence-corrected chi connectivity index (χ0v) is 7.86. The Hall–Kier alpha value is -1.26. The topological polar surface area (TPSA) is 9.23 Å². The molecule has 0 heterocycles. The lowest BCUT2D eigenvalue weighted by Crippen LogP contribution is -2.33.